The highest BCUT2D eigenvalue weighted by Crippen LogP contribution is 2.30. The first-order chi connectivity index (χ1) is 8.27. The fourth-order valence-electron chi connectivity index (χ4n) is 1.73. The fraction of sp³-hybridized carbons (Fsp3) is 0.250. The standard InChI is InChI=1S/C12H13FN2OS/c1-14-12(10-6-15-7-17-10)8-4-3-5-9(16-2)11(8)13/h3-7,12,14H,1-2H3. The number of nitrogens with one attached hydrogen (secondary N) is 1. The number of thiazole rings is 1. The van der Waals surface area contributed by atoms with Gasteiger partial charge < -0.3 is 10.1 Å². The lowest BCUT2D eigenvalue weighted by Crippen LogP contribution is -2.18. The summed E-state index contributed by atoms with van der Waals surface area (Å²) in [6, 6.07) is 4.94. The Bertz CT molecular complexity index is 487. The van der Waals surface area contributed by atoms with Crippen LogP contribution in [0.2, 0.25) is 0 Å². The lowest BCUT2D eigenvalue weighted by Gasteiger charge is -2.16. The molecule has 1 aromatic heterocycles. The van der Waals surface area contributed by atoms with E-state index in [4.69, 9.17) is 4.74 Å². The summed E-state index contributed by atoms with van der Waals surface area (Å²) in [4.78, 5) is 4.99. The molecule has 0 aliphatic heterocycles. The van der Waals surface area contributed by atoms with Crippen molar-refractivity contribution in [2.24, 2.45) is 0 Å². The average Bonchev–Trinajstić information content (AvgIpc) is 2.86. The number of methoxy groups -OCH3 is 1. The van der Waals surface area contributed by atoms with Crippen molar-refractivity contribution in [3.05, 3.63) is 46.2 Å². The SMILES string of the molecule is CNC(c1cncs1)c1cccc(OC)c1F. The number of aromatic nitrogens is 1. The Morgan fingerprint density at radius 2 is 2.29 bits per heavy atom. The number of hydrogen-bond donors (Lipinski definition) is 1. The van der Waals surface area contributed by atoms with Gasteiger partial charge in [-0.1, -0.05) is 12.1 Å². The van der Waals surface area contributed by atoms with Gasteiger partial charge in [0.15, 0.2) is 11.6 Å². The van der Waals surface area contributed by atoms with Crippen LogP contribution in [0.15, 0.2) is 29.9 Å². The van der Waals surface area contributed by atoms with Gasteiger partial charge in [-0.15, -0.1) is 11.3 Å². The van der Waals surface area contributed by atoms with Gasteiger partial charge in [0.1, 0.15) is 0 Å². The monoisotopic (exact) mass is 252 g/mol. The van der Waals surface area contributed by atoms with Gasteiger partial charge in [0.05, 0.1) is 18.7 Å². The van der Waals surface area contributed by atoms with Crippen molar-refractivity contribution in [2.75, 3.05) is 14.2 Å². The first-order valence-electron chi connectivity index (χ1n) is 5.16. The zero-order valence-corrected chi connectivity index (χ0v) is 10.4. The molecule has 0 radical (unpaired) electrons. The summed E-state index contributed by atoms with van der Waals surface area (Å²) in [6.45, 7) is 0. The zero-order chi connectivity index (χ0) is 12.3. The lowest BCUT2D eigenvalue weighted by molar-refractivity contribution is 0.382. The minimum atomic E-state index is -0.331. The zero-order valence-electron chi connectivity index (χ0n) is 9.61. The van der Waals surface area contributed by atoms with Crippen LogP contribution in [-0.2, 0) is 0 Å². The minimum Gasteiger partial charge on any atom is -0.494 e. The number of hydrogen-bond acceptors (Lipinski definition) is 4. The summed E-state index contributed by atoms with van der Waals surface area (Å²) in [5.41, 5.74) is 2.30. The molecular formula is C12H13FN2OS. The maximum Gasteiger partial charge on any atom is 0.170 e. The van der Waals surface area contributed by atoms with Crippen LogP contribution < -0.4 is 10.1 Å². The molecular weight excluding hydrogens is 239 g/mol. The number of rotatable bonds is 4. The van der Waals surface area contributed by atoms with Crippen molar-refractivity contribution >= 4 is 11.3 Å². The molecule has 3 nitrogen and oxygen atoms in total. The number of nitrogens with zero attached hydrogens (tertiary/aromatic N) is 1. The highest BCUT2D eigenvalue weighted by Gasteiger charge is 2.19. The van der Waals surface area contributed by atoms with Crippen LogP contribution in [0.3, 0.4) is 0 Å². The maximum absolute atomic E-state index is 14.1. The molecule has 2 rings (SSSR count). The minimum absolute atomic E-state index is 0.197. The molecule has 0 aliphatic carbocycles. The molecule has 17 heavy (non-hydrogen) atoms. The predicted molar refractivity (Wildman–Crippen MR) is 66.0 cm³/mol. The lowest BCUT2D eigenvalue weighted by atomic mass is 10.0. The molecule has 0 saturated carbocycles. The molecule has 2 aromatic rings. The molecule has 0 fully saturated rings. The molecule has 1 N–H and O–H groups in total. The van der Waals surface area contributed by atoms with Gasteiger partial charge in [0, 0.05) is 16.6 Å². The van der Waals surface area contributed by atoms with E-state index >= 15 is 0 Å². The molecule has 0 bridgehead atoms. The van der Waals surface area contributed by atoms with E-state index in [1.807, 2.05) is 0 Å². The van der Waals surface area contributed by atoms with Gasteiger partial charge in [0.25, 0.3) is 0 Å². The van der Waals surface area contributed by atoms with Gasteiger partial charge >= 0.3 is 0 Å². The molecule has 1 unspecified atom stereocenters. The van der Waals surface area contributed by atoms with Gasteiger partial charge in [-0.2, -0.15) is 0 Å². The van der Waals surface area contributed by atoms with Crippen LogP contribution in [0, 0.1) is 5.82 Å². The first-order valence-corrected chi connectivity index (χ1v) is 6.04. The Kier molecular flexibility index (Phi) is 3.71. The summed E-state index contributed by atoms with van der Waals surface area (Å²) >= 11 is 1.49. The van der Waals surface area contributed by atoms with E-state index in [1.165, 1.54) is 18.4 Å². The molecule has 1 aromatic carbocycles. The fourth-order valence-corrected chi connectivity index (χ4v) is 2.47. The van der Waals surface area contributed by atoms with Crippen LogP contribution in [0.4, 0.5) is 4.39 Å². The largest absolute Gasteiger partial charge is 0.494 e. The molecule has 1 atom stereocenters. The quantitative estimate of drug-likeness (QED) is 0.908. The first kappa shape index (κ1) is 12.0. The van der Waals surface area contributed by atoms with E-state index in [0.29, 0.717) is 5.56 Å². The second-order valence-corrected chi connectivity index (χ2v) is 4.41. The second-order valence-electron chi connectivity index (χ2n) is 3.49. The van der Waals surface area contributed by atoms with E-state index in [9.17, 15) is 4.39 Å². The predicted octanol–water partition coefficient (Wildman–Crippen LogP) is 2.60. The highest BCUT2D eigenvalue weighted by atomic mass is 32.1. The van der Waals surface area contributed by atoms with Gasteiger partial charge in [0.2, 0.25) is 0 Å². The van der Waals surface area contributed by atoms with Crippen molar-refractivity contribution in [1.82, 2.24) is 10.3 Å². The topological polar surface area (TPSA) is 34.2 Å². The smallest absolute Gasteiger partial charge is 0.170 e. The Balaban J connectivity index is 2.44. The van der Waals surface area contributed by atoms with Crippen LogP contribution in [-0.4, -0.2) is 19.1 Å². The summed E-state index contributed by atoms with van der Waals surface area (Å²) < 4.78 is 19.1. The van der Waals surface area contributed by atoms with E-state index < -0.39 is 0 Å². The van der Waals surface area contributed by atoms with Crippen LogP contribution in [0.1, 0.15) is 16.5 Å². The van der Waals surface area contributed by atoms with Crippen molar-refractivity contribution in [3.8, 4) is 5.75 Å². The summed E-state index contributed by atoms with van der Waals surface area (Å²) in [5.74, 6) is -0.0741. The number of benzene rings is 1. The Morgan fingerprint density at radius 1 is 1.47 bits per heavy atom. The molecule has 0 amide bonds. The Morgan fingerprint density at radius 3 is 2.88 bits per heavy atom. The molecule has 1 heterocycles. The Hall–Kier alpha value is -1.46. The van der Waals surface area contributed by atoms with Crippen LogP contribution in [0.5, 0.6) is 5.75 Å². The van der Waals surface area contributed by atoms with Gasteiger partial charge in [-0.3, -0.25) is 4.98 Å². The molecule has 5 heteroatoms. The van der Waals surface area contributed by atoms with Crippen molar-refractivity contribution in [3.63, 3.8) is 0 Å². The Labute approximate surface area is 103 Å². The van der Waals surface area contributed by atoms with Gasteiger partial charge in [-0.25, -0.2) is 4.39 Å². The highest BCUT2D eigenvalue weighted by molar-refractivity contribution is 7.09. The van der Waals surface area contributed by atoms with E-state index in [1.54, 1.807) is 37.0 Å². The third-order valence-corrected chi connectivity index (χ3v) is 3.39. The van der Waals surface area contributed by atoms with Gasteiger partial charge in [-0.05, 0) is 13.1 Å². The molecule has 0 spiro atoms. The van der Waals surface area contributed by atoms with Crippen molar-refractivity contribution in [1.29, 1.82) is 0 Å². The van der Waals surface area contributed by atoms with E-state index in [2.05, 4.69) is 10.3 Å². The van der Waals surface area contributed by atoms with E-state index in [0.717, 1.165) is 4.88 Å². The average molecular weight is 252 g/mol. The second kappa shape index (κ2) is 5.25. The summed E-state index contributed by atoms with van der Waals surface area (Å²) in [6.07, 6.45) is 1.74. The third kappa shape index (κ3) is 2.30. The third-order valence-electron chi connectivity index (χ3n) is 2.55. The maximum atomic E-state index is 14.1. The van der Waals surface area contributed by atoms with Crippen molar-refractivity contribution < 1.29 is 9.13 Å². The molecule has 0 saturated heterocycles. The van der Waals surface area contributed by atoms with Crippen molar-refractivity contribution in [2.45, 2.75) is 6.04 Å². The summed E-state index contributed by atoms with van der Waals surface area (Å²) in [5, 5.41) is 3.09. The molecule has 0 aliphatic rings. The van der Waals surface area contributed by atoms with Crippen LogP contribution >= 0.6 is 11.3 Å². The normalized spacial score (nSPS) is 12.4. The van der Waals surface area contributed by atoms with E-state index in [-0.39, 0.29) is 17.6 Å². The number of ether oxygens (including phenoxy) is 1. The summed E-state index contributed by atoms with van der Waals surface area (Å²) in [7, 11) is 3.26. The van der Waals surface area contributed by atoms with Crippen LogP contribution in [0.25, 0.3) is 0 Å². The molecule has 90 valence electrons. The number of halogens is 1.